The summed E-state index contributed by atoms with van der Waals surface area (Å²) >= 11 is 0. The predicted octanol–water partition coefficient (Wildman–Crippen LogP) is 4.19. The Bertz CT molecular complexity index is 259. The smallest absolute Gasteiger partial charge is 0.0791 e. The molecular weight excluding hydrogens is 196 g/mol. The fraction of sp³-hybridized carbons (Fsp3) is 0.733. The second-order valence-corrected chi connectivity index (χ2v) is 4.91. The SMILES string of the molecule is CC.CC1=C(C(C)C)C=CC(O)[C@H]1C(C)C. The number of hydrogen-bond donors (Lipinski definition) is 1. The van der Waals surface area contributed by atoms with E-state index in [9.17, 15) is 5.11 Å². The molecular formula is C15H28O. The van der Waals surface area contributed by atoms with E-state index in [2.05, 4.69) is 40.7 Å². The molecule has 1 N–H and O–H groups in total. The van der Waals surface area contributed by atoms with Crippen LogP contribution in [0.2, 0.25) is 0 Å². The van der Waals surface area contributed by atoms with Crippen LogP contribution in [0, 0.1) is 17.8 Å². The fourth-order valence-electron chi connectivity index (χ4n) is 2.44. The number of rotatable bonds is 2. The summed E-state index contributed by atoms with van der Waals surface area (Å²) in [7, 11) is 0. The van der Waals surface area contributed by atoms with Gasteiger partial charge in [0.2, 0.25) is 0 Å². The summed E-state index contributed by atoms with van der Waals surface area (Å²) < 4.78 is 0. The van der Waals surface area contributed by atoms with Crippen LogP contribution in [-0.2, 0) is 0 Å². The maximum atomic E-state index is 9.89. The summed E-state index contributed by atoms with van der Waals surface area (Å²) in [4.78, 5) is 0. The van der Waals surface area contributed by atoms with Crippen molar-refractivity contribution in [2.24, 2.45) is 17.8 Å². The number of aliphatic hydroxyl groups is 1. The zero-order valence-corrected chi connectivity index (χ0v) is 11.9. The van der Waals surface area contributed by atoms with Crippen molar-refractivity contribution >= 4 is 0 Å². The van der Waals surface area contributed by atoms with Crippen LogP contribution < -0.4 is 0 Å². The van der Waals surface area contributed by atoms with Crippen molar-refractivity contribution < 1.29 is 5.11 Å². The molecule has 1 rings (SSSR count). The number of allylic oxidation sites excluding steroid dienone is 2. The highest BCUT2D eigenvalue weighted by molar-refractivity contribution is 5.34. The first-order valence-corrected chi connectivity index (χ1v) is 6.52. The van der Waals surface area contributed by atoms with Gasteiger partial charge < -0.3 is 5.11 Å². The Hall–Kier alpha value is -0.560. The van der Waals surface area contributed by atoms with E-state index in [4.69, 9.17) is 0 Å². The Morgan fingerprint density at radius 2 is 1.62 bits per heavy atom. The van der Waals surface area contributed by atoms with Gasteiger partial charge in [0.1, 0.15) is 0 Å². The molecule has 0 aromatic rings. The van der Waals surface area contributed by atoms with Gasteiger partial charge in [-0.2, -0.15) is 0 Å². The molecule has 1 unspecified atom stereocenters. The summed E-state index contributed by atoms with van der Waals surface area (Å²) in [6.07, 6.45) is 3.73. The summed E-state index contributed by atoms with van der Waals surface area (Å²) in [5.74, 6) is 1.36. The van der Waals surface area contributed by atoms with E-state index < -0.39 is 0 Å². The Morgan fingerprint density at radius 3 is 2.00 bits per heavy atom. The van der Waals surface area contributed by atoms with Crippen LogP contribution in [0.3, 0.4) is 0 Å². The van der Waals surface area contributed by atoms with Crippen LogP contribution in [-0.4, -0.2) is 11.2 Å². The van der Waals surface area contributed by atoms with Crippen molar-refractivity contribution in [3.05, 3.63) is 23.3 Å². The quantitative estimate of drug-likeness (QED) is 0.745. The largest absolute Gasteiger partial charge is 0.388 e. The molecule has 2 atom stereocenters. The first kappa shape index (κ1) is 15.4. The third-order valence-electron chi connectivity index (χ3n) is 3.14. The van der Waals surface area contributed by atoms with Crippen LogP contribution >= 0.6 is 0 Å². The molecule has 1 aliphatic rings. The van der Waals surface area contributed by atoms with Gasteiger partial charge in [-0.15, -0.1) is 0 Å². The van der Waals surface area contributed by atoms with E-state index in [-0.39, 0.29) is 6.10 Å². The molecule has 0 heterocycles. The van der Waals surface area contributed by atoms with Crippen molar-refractivity contribution in [3.63, 3.8) is 0 Å². The summed E-state index contributed by atoms with van der Waals surface area (Å²) in [6.45, 7) is 14.9. The standard InChI is InChI=1S/C13H22O.C2H6/c1-8(2)11-6-7-12(14)13(9(3)4)10(11)5;1-2/h6-9,12-14H,1-5H3;1-2H3/t12?,13-;/m0./s1. The lowest BCUT2D eigenvalue weighted by atomic mass is 9.76. The maximum absolute atomic E-state index is 9.89. The zero-order chi connectivity index (χ0) is 12.9. The third-order valence-corrected chi connectivity index (χ3v) is 3.14. The minimum atomic E-state index is -0.294. The molecule has 0 spiro atoms. The maximum Gasteiger partial charge on any atom is 0.0791 e. The Kier molecular flexibility index (Phi) is 6.66. The molecule has 1 aliphatic carbocycles. The average molecular weight is 224 g/mol. The zero-order valence-electron chi connectivity index (χ0n) is 11.9. The van der Waals surface area contributed by atoms with Crippen molar-refractivity contribution in [1.29, 1.82) is 0 Å². The average Bonchev–Trinajstić information content (AvgIpc) is 2.19. The Labute approximate surface area is 101 Å². The van der Waals surface area contributed by atoms with Gasteiger partial charge in [0.05, 0.1) is 6.10 Å². The molecule has 0 amide bonds. The third kappa shape index (κ3) is 3.48. The van der Waals surface area contributed by atoms with E-state index in [0.717, 1.165) is 0 Å². The van der Waals surface area contributed by atoms with Crippen LogP contribution in [0.15, 0.2) is 23.3 Å². The van der Waals surface area contributed by atoms with Crippen LogP contribution in [0.25, 0.3) is 0 Å². The van der Waals surface area contributed by atoms with E-state index in [1.807, 2.05) is 19.9 Å². The fourth-order valence-corrected chi connectivity index (χ4v) is 2.44. The minimum Gasteiger partial charge on any atom is -0.388 e. The number of aliphatic hydroxyl groups excluding tert-OH is 1. The molecule has 0 fully saturated rings. The lowest BCUT2D eigenvalue weighted by molar-refractivity contribution is 0.140. The van der Waals surface area contributed by atoms with Crippen molar-refractivity contribution in [2.75, 3.05) is 0 Å². The van der Waals surface area contributed by atoms with E-state index in [0.29, 0.717) is 17.8 Å². The highest BCUT2D eigenvalue weighted by Gasteiger charge is 2.27. The van der Waals surface area contributed by atoms with Crippen molar-refractivity contribution in [3.8, 4) is 0 Å². The van der Waals surface area contributed by atoms with Gasteiger partial charge in [-0.1, -0.05) is 59.3 Å². The molecule has 1 heteroatoms. The molecule has 0 saturated heterocycles. The van der Waals surface area contributed by atoms with Crippen LogP contribution in [0.4, 0.5) is 0 Å². The van der Waals surface area contributed by atoms with Gasteiger partial charge >= 0.3 is 0 Å². The van der Waals surface area contributed by atoms with Gasteiger partial charge in [-0.05, 0) is 24.3 Å². The second kappa shape index (κ2) is 6.90. The van der Waals surface area contributed by atoms with Crippen molar-refractivity contribution in [2.45, 2.75) is 54.6 Å². The molecule has 0 radical (unpaired) electrons. The lowest BCUT2D eigenvalue weighted by Gasteiger charge is -2.31. The molecule has 0 saturated carbocycles. The monoisotopic (exact) mass is 224 g/mol. The van der Waals surface area contributed by atoms with Gasteiger partial charge in [0.25, 0.3) is 0 Å². The minimum absolute atomic E-state index is 0.294. The normalized spacial score (nSPS) is 24.9. The highest BCUT2D eigenvalue weighted by atomic mass is 16.3. The second-order valence-electron chi connectivity index (χ2n) is 4.91. The van der Waals surface area contributed by atoms with Gasteiger partial charge in [0, 0.05) is 5.92 Å². The van der Waals surface area contributed by atoms with E-state index in [1.54, 1.807) is 0 Å². The molecule has 0 aromatic carbocycles. The first-order valence-electron chi connectivity index (χ1n) is 6.52. The van der Waals surface area contributed by atoms with Gasteiger partial charge in [-0.3, -0.25) is 0 Å². The Balaban J connectivity index is 0.00000106. The van der Waals surface area contributed by atoms with E-state index >= 15 is 0 Å². The van der Waals surface area contributed by atoms with Crippen molar-refractivity contribution in [1.82, 2.24) is 0 Å². The summed E-state index contributed by atoms with van der Waals surface area (Å²) in [6, 6.07) is 0. The lowest BCUT2D eigenvalue weighted by Crippen LogP contribution is -2.28. The summed E-state index contributed by atoms with van der Waals surface area (Å²) in [5.41, 5.74) is 2.76. The molecule has 0 bridgehead atoms. The number of hydrogen-bond acceptors (Lipinski definition) is 1. The molecule has 94 valence electrons. The van der Waals surface area contributed by atoms with E-state index in [1.165, 1.54) is 11.1 Å². The topological polar surface area (TPSA) is 20.2 Å². The molecule has 16 heavy (non-hydrogen) atoms. The predicted molar refractivity (Wildman–Crippen MR) is 72.4 cm³/mol. The summed E-state index contributed by atoms with van der Waals surface area (Å²) in [5, 5.41) is 9.89. The van der Waals surface area contributed by atoms with Gasteiger partial charge in [-0.25, -0.2) is 0 Å². The Morgan fingerprint density at radius 1 is 1.12 bits per heavy atom. The first-order chi connectivity index (χ1) is 7.45. The van der Waals surface area contributed by atoms with Gasteiger partial charge in [0.15, 0.2) is 0 Å². The molecule has 0 aliphatic heterocycles. The molecule has 1 nitrogen and oxygen atoms in total. The highest BCUT2D eigenvalue weighted by Crippen LogP contribution is 2.33. The van der Waals surface area contributed by atoms with Crippen LogP contribution in [0.1, 0.15) is 48.5 Å². The van der Waals surface area contributed by atoms with Crippen LogP contribution in [0.5, 0.6) is 0 Å². The molecule has 0 aromatic heterocycles.